The largest absolute Gasteiger partial charge is 0.497 e. The van der Waals surface area contributed by atoms with Crippen molar-refractivity contribution in [2.45, 2.75) is 170 Å². The van der Waals surface area contributed by atoms with E-state index in [0.29, 0.717) is 36.7 Å². The number of amides is 6. The second-order valence-corrected chi connectivity index (χ2v) is 21.4. The summed E-state index contributed by atoms with van der Waals surface area (Å²) < 4.78 is 29.3. The van der Waals surface area contributed by atoms with Crippen LogP contribution in [0.2, 0.25) is 0 Å². The number of nitrogens with zero attached hydrogens (tertiary/aromatic N) is 2. The Morgan fingerprint density at radius 1 is 0.771 bits per heavy atom. The second-order valence-electron chi connectivity index (χ2n) is 21.4. The van der Waals surface area contributed by atoms with E-state index in [9.17, 15) is 58.8 Å². The van der Waals surface area contributed by atoms with Crippen molar-refractivity contribution in [2.24, 2.45) is 50.5 Å². The molecule has 31 heteroatoms. The van der Waals surface area contributed by atoms with E-state index in [-0.39, 0.29) is 75.6 Å². The zero-order valence-corrected chi connectivity index (χ0v) is 47.6. The lowest BCUT2D eigenvalue weighted by molar-refractivity contribution is -0.141. The number of aliphatic carboxylic acids is 2. The van der Waals surface area contributed by atoms with Gasteiger partial charge in [-0.1, -0.05) is 26.0 Å². The first-order valence-electron chi connectivity index (χ1n) is 27.5. The van der Waals surface area contributed by atoms with E-state index in [1.54, 1.807) is 24.3 Å². The number of guanidine groups is 2. The Morgan fingerprint density at radius 2 is 1.36 bits per heavy atom. The Bertz CT molecular complexity index is 2410. The van der Waals surface area contributed by atoms with E-state index in [1.165, 1.54) is 14.2 Å². The van der Waals surface area contributed by atoms with Gasteiger partial charge in [0.2, 0.25) is 29.5 Å². The predicted octanol–water partition coefficient (Wildman–Crippen LogP) is -3.82. The molecule has 466 valence electrons. The maximum atomic E-state index is 14.2. The van der Waals surface area contributed by atoms with Crippen molar-refractivity contribution < 1.29 is 82.5 Å². The quantitative estimate of drug-likeness (QED) is 0.00998. The van der Waals surface area contributed by atoms with Crippen LogP contribution in [0.25, 0.3) is 0 Å². The van der Waals surface area contributed by atoms with Crippen LogP contribution in [0.4, 0.5) is 4.79 Å². The summed E-state index contributed by atoms with van der Waals surface area (Å²) in [6, 6.07) is -0.996. The number of rotatable bonds is 37. The number of aliphatic hydroxyl groups excluding tert-OH is 2. The number of benzene rings is 1. The first kappa shape index (κ1) is 68.3. The molecule has 83 heavy (non-hydrogen) atoms. The van der Waals surface area contributed by atoms with Crippen LogP contribution in [0, 0.1) is 11.8 Å². The fourth-order valence-electron chi connectivity index (χ4n) is 10.1. The Labute approximate surface area is 481 Å². The molecule has 2 aliphatic heterocycles. The van der Waals surface area contributed by atoms with Crippen molar-refractivity contribution in [2.75, 3.05) is 47.0 Å². The van der Waals surface area contributed by atoms with Crippen molar-refractivity contribution in [3.05, 3.63) is 29.8 Å². The van der Waals surface area contributed by atoms with Crippen LogP contribution in [0.5, 0.6) is 5.75 Å². The standard InChI is InChI=1S/C52H86N14O17/c1-27(2)10-16-36-51(3,83-36)42-41(80-5)35(18-19-52(42)26-81-52)82-50(78)61-25-38(68)62-31(8-6-20-58-48(54)55)44(74)60-24-37(67)63-34(23-40(71)72)47(77)66-33(22-28-11-13-29(79-4)14-12-28)46(76)65-32(9-7-21-59-49(56)57)45(75)64-30(43(53)73)15-17-39(69)70/h11-14,27,30-37,41-43,63,67,73H,6-10,15-26,53H2,1-5H3,(H,60,74)(H,61,78)(H,62,68)(H,64,75)(H,65,76)(H,66,77)(H,69,70)(H,71,72)(H4,54,55,58)(H4,56,57,59)/t30-,31-,32-,33-,34-,35+,36+,37+,41+,42+,43+,51-,52-/m0/s1. The van der Waals surface area contributed by atoms with Gasteiger partial charge in [0.25, 0.3) is 0 Å². The number of hydrogen-bond acceptors (Lipinski definition) is 19. The van der Waals surface area contributed by atoms with Crippen LogP contribution in [0.3, 0.4) is 0 Å². The summed E-state index contributed by atoms with van der Waals surface area (Å²) in [4.78, 5) is 113. The molecule has 31 nitrogen and oxygen atoms in total. The summed E-state index contributed by atoms with van der Waals surface area (Å²) in [5.74, 6) is -7.12. The Kier molecular flexibility index (Phi) is 26.9. The number of carboxylic acids is 2. The summed E-state index contributed by atoms with van der Waals surface area (Å²) >= 11 is 0. The lowest BCUT2D eigenvalue weighted by atomic mass is 9.68. The fraction of sp³-hybridized carbons (Fsp3) is 0.692. The number of nitrogens with one attached hydrogen (secondary N) is 7. The molecule has 0 aromatic heterocycles. The number of carbonyl (C=O) groups excluding carboxylic acids is 6. The van der Waals surface area contributed by atoms with Gasteiger partial charge >= 0.3 is 18.0 Å². The highest BCUT2D eigenvalue weighted by Crippen LogP contribution is 2.59. The highest BCUT2D eigenvalue weighted by atomic mass is 16.6. The third kappa shape index (κ3) is 22.5. The molecule has 1 aromatic carbocycles. The van der Waals surface area contributed by atoms with Gasteiger partial charge in [-0.2, -0.15) is 0 Å². The number of aliphatic imine (C=N–C) groups is 2. The van der Waals surface area contributed by atoms with E-state index in [2.05, 4.69) is 61.0 Å². The third-order valence-corrected chi connectivity index (χ3v) is 14.5. The average Bonchev–Trinajstić information content (AvgIpc) is 2.01. The average molecular weight is 1180 g/mol. The van der Waals surface area contributed by atoms with Crippen LogP contribution < -0.4 is 70.6 Å². The Morgan fingerprint density at radius 3 is 1.90 bits per heavy atom. The number of alkyl carbamates (subject to hydrolysis) is 1. The number of nitrogens with two attached hydrogens (primary N) is 5. The molecule has 4 rings (SSSR count). The van der Waals surface area contributed by atoms with E-state index < -0.39 is 140 Å². The summed E-state index contributed by atoms with van der Waals surface area (Å²) in [5, 5.41) is 57.7. The molecule has 0 radical (unpaired) electrons. The minimum absolute atomic E-state index is 0.00595. The Balaban J connectivity index is 1.44. The van der Waals surface area contributed by atoms with Gasteiger partial charge in [-0.3, -0.25) is 48.9 Å². The van der Waals surface area contributed by atoms with Crippen LogP contribution in [-0.4, -0.2) is 199 Å². The second kappa shape index (κ2) is 32.6. The van der Waals surface area contributed by atoms with Crippen LogP contribution in [0.15, 0.2) is 34.3 Å². The van der Waals surface area contributed by atoms with Crippen molar-refractivity contribution in [3.8, 4) is 5.75 Å². The molecule has 1 aliphatic carbocycles. The highest BCUT2D eigenvalue weighted by Gasteiger charge is 2.72. The summed E-state index contributed by atoms with van der Waals surface area (Å²) in [6.45, 7) is 5.63. The number of carboxylic acid groups (broad SMARTS) is 2. The van der Waals surface area contributed by atoms with Gasteiger partial charge in [0.05, 0.1) is 50.8 Å². The van der Waals surface area contributed by atoms with Gasteiger partial charge in [0, 0.05) is 33.0 Å². The monoisotopic (exact) mass is 1180 g/mol. The van der Waals surface area contributed by atoms with Crippen LogP contribution in [0.1, 0.15) is 97.0 Å². The molecule has 13 atom stereocenters. The summed E-state index contributed by atoms with van der Waals surface area (Å²) in [7, 11) is 2.97. The van der Waals surface area contributed by atoms with Gasteiger partial charge in [0.15, 0.2) is 11.9 Å². The Hall–Kier alpha value is -7.16. The predicted molar refractivity (Wildman–Crippen MR) is 297 cm³/mol. The van der Waals surface area contributed by atoms with E-state index >= 15 is 0 Å². The number of ether oxygens (including phenoxy) is 5. The van der Waals surface area contributed by atoms with Crippen molar-refractivity contribution in [3.63, 3.8) is 0 Å². The molecule has 0 bridgehead atoms. The van der Waals surface area contributed by atoms with E-state index in [1.807, 2.05) is 6.92 Å². The number of epoxide rings is 2. The maximum absolute atomic E-state index is 14.2. The summed E-state index contributed by atoms with van der Waals surface area (Å²) in [5.41, 5.74) is 26.9. The molecule has 2 heterocycles. The number of aliphatic hydroxyl groups is 2. The highest BCUT2D eigenvalue weighted by molar-refractivity contribution is 5.94. The molecule has 0 unspecified atom stereocenters. The minimum Gasteiger partial charge on any atom is -0.497 e. The molecule has 1 spiro atoms. The molecule has 21 N–H and O–H groups in total. The lowest BCUT2D eigenvalue weighted by Crippen LogP contribution is -2.60. The zero-order chi connectivity index (χ0) is 61.6. The molecular weight excluding hydrogens is 1090 g/mol. The molecule has 3 fully saturated rings. The first-order chi connectivity index (χ1) is 39.2. The van der Waals surface area contributed by atoms with E-state index in [4.69, 9.17) is 52.4 Å². The molecule has 1 saturated carbocycles. The van der Waals surface area contributed by atoms with Gasteiger partial charge in [-0.25, -0.2) is 4.79 Å². The van der Waals surface area contributed by atoms with Crippen molar-refractivity contribution in [1.82, 2.24) is 37.2 Å². The molecular formula is C52H86N14O17. The zero-order valence-electron chi connectivity index (χ0n) is 47.6. The fourth-order valence-corrected chi connectivity index (χ4v) is 10.1. The van der Waals surface area contributed by atoms with Crippen LogP contribution in [-0.2, 0) is 58.9 Å². The topological polar surface area (TPSA) is 509 Å². The SMILES string of the molecule is COc1ccc(C[C@H](NC(=O)[C@H](CC(=O)O)N[C@H](O)CNC(=O)[C@H](CCCN=C(N)N)NC(=O)CNC(=O)O[C@@H]2CC[C@]3(CO3)[C@@H]([C@@]3(C)O[C@@H]3CCC(C)C)[C@@H]2OC)C(=O)N[C@@H](CCCN=C(N)N)C(=O)N[C@@H](CCC(=O)O)[C@H](N)O)cc1. The van der Waals surface area contributed by atoms with Gasteiger partial charge < -0.3 is 105 Å². The van der Waals surface area contributed by atoms with Gasteiger partial charge in [-0.15, -0.1) is 0 Å². The molecule has 1 aromatic rings. The van der Waals surface area contributed by atoms with Crippen molar-refractivity contribution in [1.29, 1.82) is 0 Å². The molecule has 6 amide bonds. The third-order valence-electron chi connectivity index (χ3n) is 14.5. The normalized spacial score (nSPS) is 23.0. The van der Waals surface area contributed by atoms with Gasteiger partial charge in [0.1, 0.15) is 66.3 Å². The van der Waals surface area contributed by atoms with Crippen molar-refractivity contribution >= 4 is 59.5 Å². The van der Waals surface area contributed by atoms with E-state index in [0.717, 1.165) is 12.8 Å². The number of carbonyl (C=O) groups is 8. The summed E-state index contributed by atoms with van der Waals surface area (Å²) in [6.07, 6.45) is -4.72. The van der Waals surface area contributed by atoms with Gasteiger partial charge in [-0.05, 0) is 88.3 Å². The smallest absolute Gasteiger partial charge is 0.407 e. The minimum atomic E-state index is -1.83. The van der Waals surface area contributed by atoms with Crippen LogP contribution >= 0.6 is 0 Å². The number of methoxy groups -OCH3 is 2. The number of hydrogen-bond donors (Lipinski definition) is 16. The first-order valence-corrected chi connectivity index (χ1v) is 27.5. The maximum Gasteiger partial charge on any atom is 0.407 e. The lowest BCUT2D eigenvalue weighted by Gasteiger charge is -2.42. The molecule has 3 aliphatic rings. The molecule has 2 saturated heterocycles.